The smallest absolute Gasteiger partial charge is 0.270 e. The second-order valence-electron chi connectivity index (χ2n) is 8.59. The molecule has 1 aliphatic carbocycles. The summed E-state index contributed by atoms with van der Waals surface area (Å²) in [4.78, 5) is 45.2. The first kappa shape index (κ1) is 23.3. The Balaban J connectivity index is 1.43. The zero-order valence-electron chi connectivity index (χ0n) is 18.8. The van der Waals surface area contributed by atoms with Gasteiger partial charge in [-0.1, -0.05) is 12.1 Å². The standard InChI is InChI=1S/C23H26FN7O3/c1-13-8-15(4-7-17(13)24)11-26-21(33)18-9-19(31-23(30-18)28-12-29-31)22(34)27-10-14-2-5-16(6-3-14)20(25)32/h4,7-9,12,14,16H,2-3,5-6,10-11H2,1H3,(H2,25,32)(H,26,33)(H,27,34)/t14-,16-. The second kappa shape index (κ2) is 9.94. The number of halogens is 1. The fraction of sp³-hybridized carbons (Fsp3) is 0.391. The van der Waals surface area contributed by atoms with Gasteiger partial charge < -0.3 is 16.4 Å². The lowest BCUT2D eigenvalue weighted by molar-refractivity contribution is -0.122. The highest BCUT2D eigenvalue weighted by atomic mass is 19.1. The summed E-state index contributed by atoms with van der Waals surface area (Å²) in [5.74, 6) is -1.21. The van der Waals surface area contributed by atoms with E-state index < -0.39 is 11.8 Å². The van der Waals surface area contributed by atoms with Gasteiger partial charge in [-0.05, 0) is 55.7 Å². The Morgan fingerprint density at radius 1 is 1.12 bits per heavy atom. The lowest BCUT2D eigenvalue weighted by Crippen LogP contribution is -2.35. The van der Waals surface area contributed by atoms with E-state index in [1.54, 1.807) is 19.1 Å². The number of aromatic nitrogens is 4. The topological polar surface area (TPSA) is 144 Å². The van der Waals surface area contributed by atoms with Crippen LogP contribution >= 0.6 is 0 Å². The summed E-state index contributed by atoms with van der Waals surface area (Å²) in [5.41, 5.74) is 6.76. The number of hydrogen-bond acceptors (Lipinski definition) is 6. The average Bonchev–Trinajstić information content (AvgIpc) is 3.31. The highest BCUT2D eigenvalue weighted by Gasteiger charge is 2.25. The monoisotopic (exact) mass is 467 g/mol. The predicted octanol–water partition coefficient (Wildman–Crippen LogP) is 1.52. The Labute approximate surface area is 195 Å². The molecule has 1 aliphatic rings. The molecule has 1 fully saturated rings. The summed E-state index contributed by atoms with van der Waals surface area (Å²) in [7, 11) is 0. The third-order valence-electron chi connectivity index (χ3n) is 6.19. The van der Waals surface area contributed by atoms with Crippen LogP contribution in [0.25, 0.3) is 5.78 Å². The summed E-state index contributed by atoms with van der Waals surface area (Å²) < 4.78 is 14.7. The number of fused-ring (bicyclic) bond motifs is 1. The van der Waals surface area contributed by atoms with Gasteiger partial charge in [-0.25, -0.2) is 9.37 Å². The van der Waals surface area contributed by atoms with E-state index in [-0.39, 0.29) is 47.3 Å². The molecule has 0 unspecified atom stereocenters. The molecule has 0 saturated heterocycles. The van der Waals surface area contributed by atoms with E-state index in [4.69, 9.17) is 5.73 Å². The first-order valence-electron chi connectivity index (χ1n) is 11.1. The lowest BCUT2D eigenvalue weighted by Gasteiger charge is -2.26. The van der Waals surface area contributed by atoms with Crippen LogP contribution in [-0.4, -0.2) is 43.8 Å². The molecule has 2 heterocycles. The van der Waals surface area contributed by atoms with Gasteiger partial charge in [-0.3, -0.25) is 14.4 Å². The summed E-state index contributed by atoms with van der Waals surface area (Å²) in [6.45, 7) is 2.26. The van der Waals surface area contributed by atoms with Crippen LogP contribution in [0.2, 0.25) is 0 Å². The highest BCUT2D eigenvalue weighted by Crippen LogP contribution is 2.28. The van der Waals surface area contributed by atoms with E-state index >= 15 is 0 Å². The maximum Gasteiger partial charge on any atom is 0.270 e. The molecule has 0 spiro atoms. The maximum absolute atomic E-state index is 13.5. The van der Waals surface area contributed by atoms with Gasteiger partial charge in [0.05, 0.1) is 0 Å². The molecular formula is C23H26FN7O3. The van der Waals surface area contributed by atoms with Crippen LogP contribution < -0.4 is 16.4 Å². The number of hydrogen-bond donors (Lipinski definition) is 3. The minimum absolute atomic E-state index is 0.0199. The number of aryl methyl sites for hydroxylation is 1. The van der Waals surface area contributed by atoms with Gasteiger partial charge in [0.2, 0.25) is 5.91 Å². The minimum atomic E-state index is -0.494. The number of nitrogens with two attached hydrogens (primary N) is 1. The number of nitrogens with zero attached hydrogens (tertiary/aromatic N) is 4. The van der Waals surface area contributed by atoms with Crippen LogP contribution in [-0.2, 0) is 11.3 Å². The van der Waals surface area contributed by atoms with Gasteiger partial charge in [0.15, 0.2) is 0 Å². The summed E-state index contributed by atoms with van der Waals surface area (Å²) >= 11 is 0. The summed E-state index contributed by atoms with van der Waals surface area (Å²) in [6, 6.07) is 5.96. The van der Waals surface area contributed by atoms with Crippen molar-refractivity contribution in [2.45, 2.75) is 39.2 Å². The predicted molar refractivity (Wildman–Crippen MR) is 120 cm³/mol. The molecule has 0 bridgehead atoms. The molecule has 178 valence electrons. The quantitative estimate of drug-likeness (QED) is 0.481. The number of carbonyl (C=O) groups is 3. The lowest BCUT2D eigenvalue weighted by atomic mass is 9.81. The van der Waals surface area contributed by atoms with E-state index in [1.807, 2.05) is 0 Å². The zero-order chi connectivity index (χ0) is 24.2. The Morgan fingerprint density at radius 2 is 1.88 bits per heavy atom. The second-order valence-corrected chi connectivity index (χ2v) is 8.59. The molecule has 0 atom stereocenters. The zero-order valence-corrected chi connectivity index (χ0v) is 18.8. The van der Waals surface area contributed by atoms with Crippen molar-refractivity contribution >= 4 is 23.5 Å². The molecule has 3 amide bonds. The Morgan fingerprint density at radius 3 is 2.59 bits per heavy atom. The molecule has 1 saturated carbocycles. The molecule has 0 aliphatic heterocycles. The van der Waals surface area contributed by atoms with Crippen LogP contribution in [0.3, 0.4) is 0 Å². The summed E-state index contributed by atoms with van der Waals surface area (Å²) in [5, 5.41) is 9.66. The highest BCUT2D eigenvalue weighted by molar-refractivity contribution is 5.98. The van der Waals surface area contributed by atoms with Crippen LogP contribution in [0.15, 0.2) is 30.6 Å². The molecule has 1 aromatic carbocycles. The SMILES string of the molecule is Cc1cc(CNC(=O)c2cc(C(=O)NC[C@H]3CC[C@H](C(N)=O)CC3)n3ncnc3n2)ccc1F. The number of amides is 3. The molecule has 11 heteroatoms. The van der Waals surface area contributed by atoms with Crippen molar-refractivity contribution in [1.29, 1.82) is 0 Å². The number of benzene rings is 1. The first-order valence-corrected chi connectivity index (χ1v) is 11.1. The first-order chi connectivity index (χ1) is 16.3. The number of primary amides is 1. The minimum Gasteiger partial charge on any atom is -0.369 e. The molecule has 4 rings (SSSR count). The normalized spacial score (nSPS) is 17.9. The molecule has 34 heavy (non-hydrogen) atoms. The van der Waals surface area contributed by atoms with Crippen molar-refractivity contribution in [3.8, 4) is 0 Å². The van der Waals surface area contributed by atoms with E-state index in [0.717, 1.165) is 31.2 Å². The van der Waals surface area contributed by atoms with Gasteiger partial charge in [0.25, 0.3) is 17.6 Å². The van der Waals surface area contributed by atoms with Crippen molar-refractivity contribution in [2.24, 2.45) is 17.6 Å². The fourth-order valence-corrected chi connectivity index (χ4v) is 4.16. The van der Waals surface area contributed by atoms with Crippen LogP contribution in [0.4, 0.5) is 4.39 Å². The van der Waals surface area contributed by atoms with Crippen molar-refractivity contribution < 1.29 is 18.8 Å². The Bertz CT molecular complexity index is 1230. The van der Waals surface area contributed by atoms with Gasteiger partial charge >= 0.3 is 0 Å². The third-order valence-corrected chi connectivity index (χ3v) is 6.19. The van der Waals surface area contributed by atoms with Crippen LogP contribution in [0.1, 0.15) is 57.8 Å². The Kier molecular flexibility index (Phi) is 6.80. The fourth-order valence-electron chi connectivity index (χ4n) is 4.16. The van der Waals surface area contributed by atoms with Crippen molar-refractivity contribution in [1.82, 2.24) is 30.2 Å². The van der Waals surface area contributed by atoms with Crippen molar-refractivity contribution in [2.75, 3.05) is 6.54 Å². The molecule has 0 radical (unpaired) electrons. The van der Waals surface area contributed by atoms with Crippen LogP contribution in [0.5, 0.6) is 0 Å². The number of carbonyl (C=O) groups excluding carboxylic acids is 3. The number of rotatable bonds is 7. The van der Waals surface area contributed by atoms with E-state index in [9.17, 15) is 18.8 Å². The van der Waals surface area contributed by atoms with Gasteiger partial charge in [0.1, 0.15) is 23.5 Å². The van der Waals surface area contributed by atoms with Gasteiger partial charge in [-0.15, -0.1) is 0 Å². The van der Waals surface area contributed by atoms with Crippen molar-refractivity contribution in [3.63, 3.8) is 0 Å². The van der Waals surface area contributed by atoms with Gasteiger partial charge in [0, 0.05) is 25.1 Å². The van der Waals surface area contributed by atoms with E-state index in [2.05, 4.69) is 25.7 Å². The average molecular weight is 468 g/mol. The largest absolute Gasteiger partial charge is 0.369 e. The third kappa shape index (κ3) is 5.19. The molecule has 10 nitrogen and oxygen atoms in total. The van der Waals surface area contributed by atoms with Crippen molar-refractivity contribution in [3.05, 3.63) is 58.9 Å². The van der Waals surface area contributed by atoms with Crippen LogP contribution in [0, 0.1) is 24.6 Å². The molecule has 4 N–H and O–H groups in total. The maximum atomic E-state index is 13.5. The van der Waals surface area contributed by atoms with E-state index in [0.29, 0.717) is 12.1 Å². The molecular weight excluding hydrogens is 441 g/mol. The van der Waals surface area contributed by atoms with E-state index in [1.165, 1.54) is 23.0 Å². The molecule has 3 aromatic rings. The van der Waals surface area contributed by atoms with Gasteiger partial charge in [-0.2, -0.15) is 14.6 Å². The Hall–Kier alpha value is -3.89. The summed E-state index contributed by atoms with van der Waals surface area (Å²) in [6.07, 6.45) is 4.30. The molecule has 2 aromatic heterocycles. The number of nitrogens with one attached hydrogen (secondary N) is 2.